The summed E-state index contributed by atoms with van der Waals surface area (Å²) in [5, 5.41) is 0. The average Bonchev–Trinajstić information content (AvgIpc) is 2.81. The van der Waals surface area contributed by atoms with Crippen molar-refractivity contribution in [2.75, 3.05) is 0 Å². The maximum Gasteiger partial charge on any atom is 0.319 e. The zero-order valence-electron chi connectivity index (χ0n) is 14.3. The summed E-state index contributed by atoms with van der Waals surface area (Å²) in [6.45, 7) is 4.75. The standard InChI is InChI=1S/C18H20F2O5/c1-8-6-11-13(17(15(23)25-11)7-18(17,19)20)14(24-9(2)21)16(3)10(8)4-5-12(16)22/h4-5,8,10-11,13-14H,6-7H2,1-3H3/t8-,10+,11-,13-,14+,16+,17-/m1/s1. The molecule has 1 spiro atoms. The van der Waals surface area contributed by atoms with Crippen molar-refractivity contribution in [3.63, 3.8) is 0 Å². The third-order valence-electron chi connectivity index (χ3n) is 6.73. The van der Waals surface area contributed by atoms with Crippen molar-refractivity contribution in [3.05, 3.63) is 12.2 Å². The molecule has 0 aromatic heterocycles. The van der Waals surface area contributed by atoms with E-state index in [2.05, 4.69) is 0 Å². The average molecular weight is 354 g/mol. The van der Waals surface area contributed by atoms with E-state index in [9.17, 15) is 23.2 Å². The molecule has 0 N–H and O–H groups in total. The summed E-state index contributed by atoms with van der Waals surface area (Å²) < 4.78 is 39.4. The van der Waals surface area contributed by atoms with Crippen LogP contribution < -0.4 is 0 Å². The Morgan fingerprint density at radius 2 is 2.00 bits per heavy atom. The van der Waals surface area contributed by atoms with Gasteiger partial charge in [-0.3, -0.25) is 14.4 Å². The van der Waals surface area contributed by atoms with Crippen LogP contribution in [0.3, 0.4) is 0 Å². The summed E-state index contributed by atoms with van der Waals surface area (Å²) in [4.78, 5) is 36.8. The predicted molar refractivity (Wildman–Crippen MR) is 80.4 cm³/mol. The van der Waals surface area contributed by atoms with Crippen molar-refractivity contribution in [1.29, 1.82) is 0 Å². The van der Waals surface area contributed by atoms with Gasteiger partial charge in [0.2, 0.25) is 0 Å². The number of hydrogen-bond donors (Lipinski definition) is 0. The minimum absolute atomic E-state index is 0.0731. The normalized spacial score (nSPS) is 49.4. The molecule has 25 heavy (non-hydrogen) atoms. The van der Waals surface area contributed by atoms with Gasteiger partial charge < -0.3 is 9.47 Å². The highest BCUT2D eigenvalue weighted by Crippen LogP contribution is 2.72. The van der Waals surface area contributed by atoms with E-state index in [0.29, 0.717) is 6.42 Å². The molecular formula is C18H20F2O5. The molecule has 4 rings (SSSR count). The molecule has 7 atom stereocenters. The van der Waals surface area contributed by atoms with Crippen molar-refractivity contribution < 1.29 is 32.6 Å². The van der Waals surface area contributed by atoms with Crippen LogP contribution >= 0.6 is 0 Å². The number of ether oxygens (including phenoxy) is 2. The Labute approximate surface area is 143 Å². The van der Waals surface area contributed by atoms with Crippen molar-refractivity contribution in [2.45, 2.75) is 51.7 Å². The molecule has 0 unspecified atom stereocenters. The van der Waals surface area contributed by atoms with Gasteiger partial charge in [0.25, 0.3) is 5.92 Å². The fraction of sp³-hybridized carbons (Fsp3) is 0.722. The lowest BCUT2D eigenvalue weighted by Gasteiger charge is -2.40. The summed E-state index contributed by atoms with van der Waals surface area (Å²) in [6, 6.07) is 0. The highest BCUT2D eigenvalue weighted by atomic mass is 19.3. The van der Waals surface area contributed by atoms with Gasteiger partial charge in [-0.1, -0.05) is 13.0 Å². The number of esters is 2. The predicted octanol–water partition coefficient (Wildman–Crippen LogP) is 2.29. The van der Waals surface area contributed by atoms with Crippen LogP contribution in [0.25, 0.3) is 0 Å². The maximum absolute atomic E-state index is 14.3. The summed E-state index contributed by atoms with van der Waals surface area (Å²) in [7, 11) is 0. The summed E-state index contributed by atoms with van der Waals surface area (Å²) in [5.41, 5.74) is -3.14. The smallest absolute Gasteiger partial charge is 0.319 e. The molecule has 3 aliphatic carbocycles. The molecular weight excluding hydrogens is 334 g/mol. The lowest BCUT2D eigenvalue weighted by molar-refractivity contribution is -0.168. The molecule has 3 fully saturated rings. The lowest BCUT2D eigenvalue weighted by Crippen LogP contribution is -2.51. The fourth-order valence-corrected chi connectivity index (χ4v) is 5.41. The Morgan fingerprint density at radius 3 is 2.56 bits per heavy atom. The van der Waals surface area contributed by atoms with Crippen LogP contribution in [0.2, 0.25) is 0 Å². The number of rotatable bonds is 1. The molecule has 0 radical (unpaired) electrons. The van der Waals surface area contributed by atoms with Gasteiger partial charge in [-0.25, -0.2) is 8.78 Å². The maximum atomic E-state index is 14.3. The first kappa shape index (κ1) is 16.7. The number of allylic oxidation sites excluding steroid dienone is 2. The number of hydrogen-bond acceptors (Lipinski definition) is 5. The first-order chi connectivity index (χ1) is 11.6. The van der Waals surface area contributed by atoms with Crippen LogP contribution in [-0.2, 0) is 23.9 Å². The SMILES string of the molecule is CC(=O)O[C@H]1[C@H]2[C@@H](C[C@@H](C)[C@@H]3C=CC(=O)[C@]31C)OC(=O)[C@@]21CC1(F)F. The van der Waals surface area contributed by atoms with Gasteiger partial charge in [-0.05, 0) is 31.3 Å². The first-order valence-electron chi connectivity index (χ1n) is 8.54. The molecule has 2 saturated carbocycles. The number of fused-ring (bicyclic) bond motifs is 3. The molecule has 136 valence electrons. The van der Waals surface area contributed by atoms with E-state index < -0.39 is 53.2 Å². The Kier molecular flexibility index (Phi) is 3.12. The van der Waals surface area contributed by atoms with Crippen LogP contribution in [0.4, 0.5) is 8.78 Å². The van der Waals surface area contributed by atoms with E-state index in [1.807, 2.05) is 6.92 Å². The van der Waals surface area contributed by atoms with Gasteiger partial charge in [0.1, 0.15) is 17.6 Å². The van der Waals surface area contributed by atoms with Crippen LogP contribution in [0, 0.1) is 28.6 Å². The quantitative estimate of drug-likeness (QED) is 0.676. The fourth-order valence-electron chi connectivity index (χ4n) is 5.41. The third-order valence-corrected chi connectivity index (χ3v) is 6.73. The monoisotopic (exact) mass is 354 g/mol. The van der Waals surface area contributed by atoms with Crippen LogP contribution in [0.1, 0.15) is 33.6 Å². The van der Waals surface area contributed by atoms with Gasteiger partial charge in [-0.15, -0.1) is 0 Å². The Bertz CT molecular complexity index is 716. The van der Waals surface area contributed by atoms with Crippen molar-refractivity contribution in [1.82, 2.24) is 0 Å². The number of ketones is 1. The molecule has 0 aromatic rings. The van der Waals surface area contributed by atoms with Gasteiger partial charge in [-0.2, -0.15) is 0 Å². The van der Waals surface area contributed by atoms with Crippen LogP contribution in [0.5, 0.6) is 0 Å². The second-order valence-electron chi connectivity index (χ2n) is 8.10. The van der Waals surface area contributed by atoms with E-state index in [1.54, 1.807) is 13.0 Å². The van der Waals surface area contributed by atoms with Crippen molar-refractivity contribution >= 4 is 17.7 Å². The molecule has 0 amide bonds. The second kappa shape index (κ2) is 4.68. The molecule has 5 nitrogen and oxygen atoms in total. The Morgan fingerprint density at radius 1 is 1.36 bits per heavy atom. The molecule has 0 bridgehead atoms. The number of carbonyl (C=O) groups excluding carboxylic acids is 3. The van der Waals surface area contributed by atoms with Gasteiger partial charge in [0.05, 0.1) is 11.3 Å². The van der Waals surface area contributed by atoms with E-state index in [-0.39, 0.29) is 17.6 Å². The topological polar surface area (TPSA) is 69.7 Å². The van der Waals surface area contributed by atoms with Gasteiger partial charge in [0.15, 0.2) is 5.78 Å². The molecule has 1 aliphatic heterocycles. The molecule has 0 aromatic carbocycles. The van der Waals surface area contributed by atoms with Gasteiger partial charge >= 0.3 is 11.9 Å². The van der Waals surface area contributed by atoms with Crippen LogP contribution in [-0.4, -0.2) is 35.9 Å². The zero-order chi connectivity index (χ0) is 18.4. The minimum atomic E-state index is -3.20. The molecule has 7 heteroatoms. The van der Waals surface area contributed by atoms with E-state index in [0.717, 1.165) is 0 Å². The van der Waals surface area contributed by atoms with Gasteiger partial charge in [0, 0.05) is 13.3 Å². The zero-order valence-corrected chi connectivity index (χ0v) is 14.3. The first-order valence-corrected chi connectivity index (χ1v) is 8.54. The summed E-state index contributed by atoms with van der Waals surface area (Å²) in [5.74, 6) is -6.38. The van der Waals surface area contributed by atoms with E-state index in [4.69, 9.17) is 9.47 Å². The van der Waals surface area contributed by atoms with Crippen molar-refractivity contribution in [3.8, 4) is 0 Å². The Hall–Kier alpha value is -1.79. The number of alkyl halides is 2. The molecule has 1 heterocycles. The van der Waals surface area contributed by atoms with Crippen LogP contribution in [0.15, 0.2) is 12.2 Å². The highest BCUT2D eigenvalue weighted by Gasteiger charge is 2.86. The van der Waals surface area contributed by atoms with Crippen molar-refractivity contribution in [2.24, 2.45) is 28.6 Å². The summed E-state index contributed by atoms with van der Waals surface area (Å²) >= 11 is 0. The minimum Gasteiger partial charge on any atom is -0.461 e. The summed E-state index contributed by atoms with van der Waals surface area (Å²) in [6.07, 6.45) is 1.06. The second-order valence-corrected chi connectivity index (χ2v) is 8.10. The van der Waals surface area contributed by atoms with E-state index >= 15 is 0 Å². The molecule has 4 aliphatic rings. The largest absolute Gasteiger partial charge is 0.461 e. The Balaban J connectivity index is 1.88. The van der Waals surface area contributed by atoms with E-state index in [1.165, 1.54) is 13.0 Å². The number of halogens is 2. The highest BCUT2D eigenvalue weighted by molar-refractivity contribution is 5.98. The lowest BCUT2D eigenvalue weighted by atomic mass is 9.65. The number of carbonyl (C=O) groups is 3. The molecule has 1 saturated heterocycles. The third kappa shape index (κ3) is 1.84.